The molecular formula is C46H56BrCl2N3O9. The third-order valence-electron chi connectivity index (χ3n) is 11.6. The van der Waals surface area contributed by atoms with Crippen LogP contribution in [0.15, 0.2) is 36.4 Å². The highest BCUT2D eigenvalue weighted by Gasteiger charge is 2.36. The molecule has 4 N–H and O–H groups in total. The van der Waals surface area contributed by atoms with Crippen LogP contribution in [-0.4, -0.2) is 70.0 Å². The first-order valence-electron chi connectivity index (χ1n) is 21.4. The van der Waals surface area contributed by atoms with Crippen molar-refractivity contribution in [2.75, 3.05) is 19.8 Å². The van der Waals surface area contributed by atoms with Crippen molar-refractivity contribution in [1.29, 1.82) is 0 Å². The van der Waals surface area contributed by atoms with Gasteiger partial charge in [-0.25, -0.2) is 0 Å². The number of halogens is 3. The topological polar surface area (TPSA) is 188 Å². The van der Waals surface area contributed by atoms with Crippen LogP contribution in [0.1, 0.15) is 126 Å². The Kier molecular flexibility index (Phi) is 17.9. The first kappa shape index (κ1) is 47.8. The Bertz CT molecular complexity index is 2220. The van der Waals surface area contributed by atoms with Gasteiger partial charge in [0.15, 0.2) is 5.78 Å². The van der Waals surface area contributed by atoms with Gasteiger partial charge in [-0.05, 0) is 133 Å². The number of nitrogens with one attached hydrogen (secondary N) is 2. The Balaban J connectivity index is 0.000000157. The number of fused-ring (bicyclic) bond motifs is 6. The monoisotopic (exact) mass is 943 g/mol. The highest BCUT2D eigenvalue weighted by molar-refractivity contribution is 9.10. The number of H-pyrrole nitrogens is 2. The van der Waals surface area contributed by atoms with Crippen LogP contribution in [0.4, 0.5) is 0 Å². The molecule has 2 heterocycles. The zero-order chi connectivity index (χ0) is 44.2. The largest absolute Gasteiger partial charge is 0.465 e. The van der Waals surface area contributed by atoms with Gasteiger partial charge < -0.3 is 29.9 Å². The maximum Gasteiger partial charge on any atom is 0.316 e. The van der Waals surface area contributed by atoms with Crippen molar-refractivity contribution in [3.8, 4) is 0 Å². The molecule has 0 aliphatic heterocycles. The number of nitrogens with two attached hydrogens (primary N) is 1. The molecule has 2 saturated carbocycles. The molecule has 0 saturated heterocycles. The van der Waals surface area contributed by atoms with Crippen molar-refractivity contribution < 1.29 is 43.0 Å². The molecule has 5 atom stereocenters. The van der Waals surface area contributed by atoms with E-state index in [0.29, 0.717) is 39.1 Å². The van der Waals surface area contributed by atoms with E-state index in [1.807, 2.05) is 43.3 Å². The molecule has 1 amide bonds. The lowest BCUT2D eigenvalue weighted by Gasteiger charge is -2.22. The zero-order valence-corrected chi connectivity index (χ0v) is 38.1. The van der Waals surface area contributed by atoms with Crippen molar-refractivity contribution in [1.82, 2.24) is 9.97 Å². The highest BCUT2D eigenvalue weighted by Crippen LogP contribution is 2.38. The summed E-state index contributed by atoms with van der Waals surface area (Å²) in [6, 6.07) is 11.6. The van der Waals surface area contributed by atoms with E-state index in [2.05, 4.69) is 25.9 Å². The van der Waals surface area contributed by atoms with Crippen LogP contribution in [0.5, 0.6) is 0 Å². The number of carbonyl (C=O) groups is 6. The molecule has 4 aliphatic carbocycles. The lowest BCUT2D eigenvalue weighted by Crippen LogP contribution is -2.35. The number of hydrogen-bond donors (Lipinski definition) is 3. The van der Waals surface area contributed by atoms with Crippen molar-refractivity contribution in [2.24, 2.45) is 17.6 Å². The number of rotatable bonds is 7. The summed E-state index contributed by atoms with van der Waals surface area (Å²) in [6.45, 7) is 6.48. The zero-order valence-electron chi connectivity index (χ0n) is 35.1. The lowest BCUT2D eigenvalue weighted by molar-refractivity contribution is -0.154. The van der Waals surface area contributed by atoms with Crippen molar-refractivity contribution in [3.63, 3.8) is 0 Å². The summed E-state index contributed by atoms with van der Waals surface area (Å²) >= 11 is 15.3. The summed E-state index contributed by atoms with van der Waals surface area (Å²) in [6.07, 6.45) is 11.2. The molecule has 2 aromatic heterocycles. The normalized spacial score (nSPS) is 21.8. The quantitative estimate of drug-likeness (QED) is 0.0702. The summed E-state index contributed by atoms with van der Waals surface area (Å²) in [5.41, 5.74) is 12.0. The smallest absolute Gasteiger partial charge is 0.316 e. The van der Waals surface area contributed by atoms with Crippen LogP contribution in [0.3, 0.4) is 0 Å². The predicted octanol–water partition coefficient (Wildman–Crippen LogP) is 9.52. The standard InChI is InChI=1S/C15H16ClNO2.C13H13ClN2O.C9H13BrO3.C9H14O3/c1-2-19-15(18)11-5-3-4-10-12-8-9(16)6-7-13(12)17-14(10)11;14-7-4-5-11-10(6-7)8-2-1-3-9(13(15)17)12(8)16-11;1-2-13-9(12)6-4-3-5-7(10)8(6)11;1-2-12-9(11)7-5-3-4-6-8(7)10/h6-8,11,17H,2-5H2,1H3;4-6,9,16H,1-3H2,(H2,15,17);6-7H,2-5H2,1H3;7H,2-6H2,1H3. The second-order valence-electron chi connectivity index (χ2n) is 15.6. The first-order valence-corrected chi connectivity index (χ1v) is 23.1. The number of amides is 1. The number of benzene rings is 2. The van der Waals surface area contributed by atoms with E-state index in [1.54, 1.807) is 13.8 Å². The van der Waals surface area contributed by atoms with Crippen LogP contribution in [-0.2, 0) is 55.8 Å². The van der Waals surface area contributed by atoms with Crippen molar-refractivity contribution >= 4 is 96.3 Å². The average Bonchev–Trinajstić information content (AvgIpc) is 3.80. The van der Waals surface area contributed by atoms with Crippen LogP contribution in [0.25, 0.3) is 21.8 Å². The molecule has 2 aromatic carbocycles. The van der Waals surface area contributed by atoms with E-state index in [1.165, 1.54) is 11.1 Å². The summed E-state index contributed by atoms with van der Waals surface area (Å²) in [5, 5.41) is 3.71. The van der Waals surface area contributed by atoms with E-state index in [0.717, 1.165) is 107 Å². The Morgan fingerprint density at radius 3 is 1.59 bits per heavy atom. The molecule has 4 aromatic rings. The number of aromatic amines is 2. The minimum Gasteiger partial charge on any atom is -0.465 e. The fourth-order valence-electron chi connectivity index (χ4n) is 8.59. The van der Waals surface area contributed by atoms with Crippen molar-refractivity contribution in [3.05, 3.63) is 69.0 Å². The van der Waals surface area contributed by atoms with Crippen LogP contribution < -0.4 is 5.73 Å². The summed E-state index contributed by atoms with van der Waals surface area (Å²) < 4.78 is 14.8. The fourth-order valence-corrected chi connectivity index (χ4v) is 9.58. The number of aromatic nitrogens is 2. The molecule has 0 bridgehead atoms. The Labute approximate surface area is 374 Å². The Morgan fingerprint density at radius 1 is 0.623 bits per heavy atom. The predicted molar refractivity (Wildman–Crippen MR) is 239 cm³/mol. The third-order valence-corrected chi connectivity index (χ3v) is 12.9. The molecule has 0 radical (unpaired) electrons. The molecule has 0 spiro atoms. The Hall–Kier alpha value is -4.20. The number of hydrogen-bond acceptors (Lipinski definition) is 9. The Morgan fingerprint density at radius 2 is 1.08 bits per heavy atom. The summed E-state index contributed by atoms with van der Waals surface area (Å²) in [7, 11) is 0. The third kappa shape index (κ3) is 12.0. The van der Waals surface area contributed by atoms with E-state index in [-0.39, 0.29) is 52.0 Å². The number of Topliss-reactive ketones (excluding diaryl/α,β-unsaturated/α-hetero) is 2. The van der Waals surface area contributed by atoms with Gasteiger partial charge in [0.05, 0.1) is 36.5 Å². The first-order chi connectivity index (χ1) is 29.3. The molecule has 4 aliphatic rings. The number of alkyl halides is 1. The lowest BCUT2D eigenvalue weighted by atomic mass is 9.86. The molecule has 8 rings (SSSR count). The van der Waals surface area contributed by atoms with Gasteiger partial charge in [-0.1, -0.05) is 52.0 Å². The number of ether oxygens (including phenoxy) is 3. The maximum absolute atomic E-state index is 12.0. The number of primary amides is 1. The minimum absolute atomic E-state index is 0.0234. The molecule has 330 valence electrons. The van der Waals surface area contributed by atoms with Gasteiger partial charge in [-0.3, -0.25) is 28.8 Å². The van der Waals surface area contributed by atoms with E-state index >= 15 is 0 Å². The van der Waals surface area contributed by atoms with Crippen LogP contribution in [0.2, 0.25) is 10.0 Å². The van der Waals surface area contributed by atoms with Crippen molar-refractivity contribution in [2.45, 2.75) is 121 Å². The minimum atomic E-state index is -0.530. The number of esters is 3. The average molecular weight is 946 g/mol. The maximum atomic E-state index is 12.0. The van der Waals surface area contributed by atoms with E-state index in [4.69, 9.17) is 43.1 Å². The molecule has 12 nitrogen and oxygen atoms in total. The molecule has 2 fully saturated rings. The SMILES string of the molecule is CCOC(=O)C1CCCC(Br)C1=O.CCOC(=O)C1CCCCC1=O.CCOC(=O)C1CCCc2c1[nH]c1ccc(Cl)cc21.NC(=O)C1CCCc2c1[nH]c1ccc(Cl)cc21. The fraction of sp³-hybridized carbons (Fsp3) is 0.522. The van der Waals surface area contributed by atoms with Gasteiger partial charge in [0.1, 0.15) is 17.6 Å². The summed E-state index contributed by atoms with van der Waals surface area (Å²) in [5.74, 6) is -2.36. The second kappa shape index (κ2) is 22.8. The second-order valence-corrected chi connectivity index (χ2v) is 17.6. The summed E-state index contributed by atoms with van der Waals surface area (Å²) in [4.78, 5) is 75.2. The number of carbonyl (C=O) groups excluding carboxylic acids is 6. The molecule has 5 unspecified atom stereocenters. The van der Waals surface area contributed by atoms with Gasteiger partial charge in [0, 0.05) is 49.7 Å². The molecule has 15 heteroatoms. The van der Waals surface area contributed by atoms with Crippen LogP contribution in [0, 0.1) is 11.8 Å². The molecule has 61 heavy (non-hydrogen) atoms. The van der Waals surface area contributed by atoms with Gasteiger partial charge in [0.25, 0.3) is 0 Å². The highest BCUT2D eigenvalue weighted by atomic mass is 79.9. The van der Waals surface area contributed by atoms with Gasteiger partial charge in [-0.2, -0.15) is 0 Å². The number of ketones is 2. The van der Waals surface area contributed by atoms with Crippen LogP contribution >= 0.6 is 39.1 Å². The van der Waals surface area contributed by atoms with E-state index in [9.17, 15) is 28.8 Å². The number of aryl methyl sites for hydroxylation is 2. The van der Waals surface area contributed by atoms with Gasteiger partial charge in [0.2, 0.25) is 5.91 Å². The van der Waals surface area contributed by atoms with Gasteiger partial charge >= 0.3 is 17.9 Å². The van der Waals surface area contributed by atoms with Gasteiger partial charge in [-0.15, -0.1) is 0 Å². The van der Waals surface area contributed by atoms with E-state index < -0.39 is 11.8 Å². The molecular weight excluding hydrogens is 889 g/mol.